The van der Waals surface area contributed by atoms with Crippen LogP contribution in [0.2, 0.25) is 0 Å². The smallest absolute Gasteiger partial charge is 0.164 e. The summed E-state index contributed by atoms with van der Waals surface area (Å²) in [5.74, 6) is 1.77. The Bertz CT molecular complexity index is 396. The predicted octanol–water partition coefficient (Wildman–Crippen LogP) is 2.47. The van der Waals surface area contributed by atoms with Crippen molar-refractivity contribution in [1.29, 1.82) is 0 Å². The quantitative estimate of drug-likeness (QED) is 0.880. The highest BCUT2D eigenvalue weighted by atomic mass is 127. The van der Waals surface area contributed by atoms with E-state index in [1.807, 2.05) is 25.1 Å². The number of halogens is 1. The molecule has 80 valence electrons. The van der Waals surface area contributed by atoms with Gasteiger partial charge in [-0.2, -0.15) is 0 Å². The molecule has 2 aromatic rings. The summed E-state index contributed by atoms with van der Waals surface area (Å²) < 4.78 is 11.4. The first-order chi connectivity index (χ1) is 7.24. The number of rotatable bonds is 4. The van der Waals surface area contributed by atoms with Crippen LogP contribution in [-0.2, 0) is 13.1 Å². The van der Waals surface area contributed by atoms with Gasteiger partial charge in [-0.05, 0) is 41.6 Å². The maximum Gasteiger partial charge on any atom is 0.164 e. The normalized spacial score (nSPS) is 10.8. The molecule has 0 aliphatic carbocycles. The van der Waals surface area contributed by atoms with Crippen LogP contribution in [0.25, 0.3) is 0 Å². The van der Waals surface area contributed by atoms with Gasteiger partial charge in [-0.3, -0.25) is 0 Å². The van der Waals surface area contributed by atoms with Gasteiger partial charge in [0.15, 0.2) is 9.53 Å². The van der Waals surface area contributed by atoms with E-state index in [9.17, 15) is 0 Å². The molecule has 0 fully saturated rings. The summed E-state index contributed by atoms with van der Waals surface area (Å²) in [5.41, 5.74) is 0.902. The fraction of sp³-hybridized carbons (Fsp3) is 0.300. The highest BCUT2D eigenvalue weighted by Gasteiger charge is 2.02. The minimum absolute atomic E-state index is 0.665. The topological polar surface area (TPSA) is 51.2 Å². The number of nitrogens with zero attached hydrogens (tertiary/aromatic N) is 1. The molecule has 5 heteroatoms. The third-order valence-corrected chi connectivity index (χ3v) is 2.48. The molecule has 0 amide bonds. The summed E-state index contributed by atoms with van der Waals surface area (Å²) in [5, 5.41) is 7.02. The molecule has 2 aromatic heterocycles. The molecule has 2 rings (SSSR count). The van der Waals surface area contributed by atoms with Crippen molar-refractivity contribution in [2.75, 3.05) is 0 Å². The van der Waals surface area contributed by atoms with E-state index >= 15 is 0 Å². The summed E-state index contributed by atoms with van der Waals surface area (Å²) in [6.45, 7) is 3.27. The van der Waals surface area contributed by atoms with Crippen LogP contribution in [0, 0.1) is 10.7 Å². The van der Waals surface area contributed by atoms with Crippen molar-refractivity contribution in [2.45, 2.75) is 20.0 Å². The Labute approximate surface area is 101 Å². The molecule has 1 N–H and O–H groups in total. The number of aromatic nitrogens is 1. The van der Waals surface area contributed by atoms with E-state index < -0.39 is 0 Å². The van der Waals surface area contributed by atoms with E-state index in [2.05, 4.69) is 33.1 Å². The van der Waals surface area contributed by atoms with E-state index in [4.69, 9.17) is 8.94 Å². The third-order valence-electron chi connectivity index (χ3n) is 1.90. The summed E-state index contributed by atoms with van der Waals surface area (Å²) in [4.78, 5) is 0. The Balaban J connectivity index is 1.80. The number of hydrogen-bond acceptors (Lipinski definition) is 4. The predicted molar refractivity (Wildman–Crippen MR) is 63.2 cm³/mol. The lowest BCUT2D eigenvalue weighted by Crippen LogP contribution is -2.11. The van der Waals surface area contributed by atoms with Crippen molar-refractivity contribution in [1.82, 2.24) is 10.5 Å². The zero-order chi connectivity index (χ0) is 10.7. The largest absolute Gasteiger partial charge is 0.454 e. The maximum atomic E-state index is 5.40. The van der Waals surface area contributed by atoms with Crippen molar-refractivity contribution < 1.29 is 8.94 Å². The van der Waals surface area contributed by atoms with Crippen LogP contribution >= 0.6 is 22.6 Å². The summed E-state index contributed by atoms with van der Waals surface area (Å²) in [6, 6.07) is 5.81. The minimum atomic E-state index is 0.665. The van der Waals surface area contributed by atoms with Gasteiger partial charge in [-0.25, -0.2) is 0 Å². The van der Waals surface area contributed by atoms with Crippen LogP contribution < -0.4 is 5.32 Å². The molecule has 15 heavy (non-hydrogen) atoms. The zero-order valence-corrected chi connectivity index (χ0v) is 10.4. The minimum Gasteiger partial charge on any atom is -0.454 e. The molecule has 0 atom stereocenters. The standard InChI is InChI=1S/C10H11IN2O2/c1-7-4-9(15-13-7)6-12-5-8-2-3-10(11)14-8/h2-4,12H,5-6H2,1H3. The third kappa shape index (κ3) is 3.07. The van der Waals surface area contributed by atoms with Gasteiger partial charge >= 0.3 is 0 Å². The van der Waals surface area contributed by atoms with E-state index in [0.717, 1.165) is 21.0 Å². The number of furan rings is 1. The summed E-state index contributed by atoms with van der Waals surface area (Å²) in [7, 11) is 0. The van der Waals surface area contributed by atoms with Crippen molar-refractivity contribution in [3.8, 4) is 0 Å². The molecule has 4 nitrogen and oxygen atoms in total. The first kappa shape index (κ1) is 10.7. The van der Waals surface area contributed by atoms with Gasteiger partial charge in [0.05, 0.1) is 18.8 Å². The Morgan fingerprint density at radius 1 is 1.33 bits per heavy atom. The van der Waals surface area contributed by atoms with Gasteiger partial charge in [-0.1, -0.05) is 5.16 Å². The highest BCUT2D eigenvalue weighted by Crippen LogP contribution is 2.10. The van der Waals surface area contributed by atoms with E-state index in [-0.39, 0.29) is 0 Å². The molecule has 0 aromatic carbocycles. The number of aryl methyl sites for hydroxylation is 1. The van der Waals surface area contributed by atoms with Crippen LogP contribution in [0.3, 0.4) is 0 Å². The van der Waals surface area contributed by atoms with E-state index in [1.54, 1.807) is 0 Å². The average Bonchev–Trinajstić information content (AvgIpc) is 2.76. The second kappa shape index (κ2) is 4.80. The Hall–Kier alpha value is -0.820. The first-order valence-electron chi connectivity index (χ1n) is 4.61. The lowest BCUT2D eigenvalue weighted by Gasteiger charge is -1.97. The Morgan fingerprint density at radius 2 is 2.13 bits per heavy atom. The van der Waals surface area contributed by atoms with Gasteiger partial charge < -0.3 is 14.3 Å². The molecule has 0 unspecified atom stereocenters. The van der Waals surface area contributed by atoms with Crippen molar-refractivity contribution in [2.24, 2.45) is 0 Å². The molecule has 2 heterocycles. The Morgan fingerprint density at radius 3 is 2.73 bits per heavy atom. The van der Waals surface area contributed by atoms with Crippen LogP contribution in [0.4, 0.5) is 0 Å². The van der Waals surface area contributed by atoms with Gasteiger partial charge in [0, 0.05) is 6.07 Å². The van der Waals surface area contributed by atoms with Crippen LogP contribution in [0.15, 0.2) is 27.1 Å². The second-order valence-corrected chi connectivity index (χ2v) is 4.31. The first-order valence-corrected chi connectivity index (χ1v) is 5.69. The van der Waals surface area contributed by atoms with Gasteiger partial charge in [0.25, 0.3) is 0 Å². The van der Waals surface area contributed by atoms with Crippen molar-refractivity contribution in [3.05, 3.63) is 39.2 Å². The van der Waals surface area contributed by atoms with Crippen molar-refractivity contribution in [3.63, 3.8) is 0 Å². The SMILES string of the molecule is Cc1cc(CNCc2ccc(I)o2)on1. The average molecular weight is 318 g/mol. The van der Waals surface area contributed by atoms with Gasteiger partial charge in [0.2, 0.25) is 0 Å². The Kier molecular flexibility index (Phi) is 3.42. The van der Waals surface area contributed by atoms with E-state index in [1.165, 1.54) is 0 Å². The second-order valence-electron chi connectivity index (χ2n) is 3.24. The number of hydrogen-bond donors (Lipinski definition) is 1. The van der Waals surface area contributed by atoms with E-state index in [0.29, 0.717) is 13.1 Å². The monoisotopic (exact) mass is 318 g/mol. The fourth-order valence-corrected chi connectivity index (χ4v) is 1.72. The molecule has 0 spiro atoms. The van der Waals surface area contributed by atoms with Crippen molar-refractivity contribution >= 4 is 22.6 Å². The zero-order valence-electron chi connectivity index (χ0n) is 8.29. The molecule has 0 saturated heterocycles. The van der Waals surface area contributed by atoms with Crippen LogP contribution in [0.1, 0.15) is 17.2 Å². The van der Waals surface area contributed by atoms with Gasteiger partial charge in [-0.15, -0.1) is 0 Å². The van der Waals surface area contributed by atoms with Crippen LogP contribution in [0.5, 0.6) is 0 Å². The summed E-state index contributed by atoms with van der Waals surface area (Å²) in [6.07, 6.45) is 0. The fourth-order valence-electron chi connectivity index (χ4n) is 1.26. The maximum absolute atomic E-state index is 5.40. The molecule has 0 saturated carbocycles. The highest BCUT2D eigenvalue weighted by molar-refractivity contribution is 14.1. The summed E-state index contributed by atoms with van der Waals surface area (Å²) >= 11 is 2.14. The molecule has 0 aliphatic rings. The molecular formula is C10H11IN2O2. The lowest BCUT2D eigenvalue weighted by molar-refractivity contribution is 0.365. The number of nitrogens with one attached hydrogen (secondary N) is 1. The molecule has 0 radical (unpaired) electrons. The lowest BCUT2D eigenvalue weighted by atomic mass is 10.4. The van der Waals surface area contributed by atoms with Crippen LogP contribution in [-0.4, -0.2) is 5.16 Å². The molecular weight excluding hydrogens is 307 g/mol. The molecule has 0 bridgehead atoms. The van der Waals surface area contributed by atoms with Gasteiger partial charge in [0.1, 0.15) is 5.76 Å². The molecule has 0 aliphatic heterocycles.